The van der Waals surface area contributed by atoms with Crippen molar-refractivity contribution in [1.29, 1.82) is 0 Å². The fourth-order valence-electron chi connectivity index (χ4n) is 5.72. The number of allylic oxidation sites excluding steroid dienone is 11. The smallest absolute Gasteiger partial charge is 0.305 e. The molecule has 5 rings (SSSR count). The fraction of sp³-hybridized carbons (Fsp3) is 0.286. The molecule has 0 saturated heterocycles. The van der Waals surface area contributed by atoms with Gasteiger partial charge >= 0.3 is 11.9 Å². The van der Waals surface area contributed by atoms with Crippen molar-refractivity contribution in [2.45, 2.75) is 53.4 Å². The second kappa shape index (κ2) is 13.1. The molecule has 0 spiro atoms. The third-order valence-corrected chi connectivity index (χ3v) is 8.61. The number of aliphatic hydroxyl groups is 1. The number of aliphatic hydroxyl groups excluding tert-OH is 1. The molecule has 5 heterocycles. The maximum atomic E-state index is 12.2. The second-order valence-electron chi connectivity index (χ2n) is 11.1. The van der Waals surface area contributed by atoms with Crippen LogP contribution in [0.4, 0.5) is 0 Å². The van der Waals surface area contributed by atoms with E-state index in [1.165, 1.54) is 20.3 Å². The Labute approximate surface area is 266 Å². The van der Waals surface area contributed by atoms with Crippen LogP contribution in [-0.2, 0) is 19.1 Å². The predicted molar refractivity (Wildman–Crippen MR) is 177 cm³/mol. The quantitative estimate of drug-likeness (QED) is 0.309. The van der Waals surface area contributed by atoms with Gasteiger partial charge in [-0.15, -0.1) is 0 Å². The van der Waals surface area contributed by atoms with E-state index in [4.69, 9.17) is 36.1 Å². The molecule has 1 aromatic heterocycles. The van der Waals surface area contributed by atoms with Gasteiger partial charge in [0.1, 0.15) is 0 Å². The molecule has 10 heteroatoms. The Balaban J connectivity index is 1.78. The number of aromatic amines is 1. The molecule has 0 aliphatic carbocycles. The minimum absolute atomic E-state index is 0.179. The molecule has 0 aromatic carbocycles. The van der Waals surface area contributed by atoms with Crippen molar-refractivity contribution in [3.8, 4) is 0 Å². The van der Waals surface area contributed by atoms with Gasteiger partial charge in [0.15, 0.2) is 0 Å². The van der Waals surface area contributed by atoms with Crippen LogP contribution in [0.2, 0.25) is 0 Å². The number of aliphatic imine (C=N–C) groups is 3. The average Bonchev–Trinajstić information content (AvgIpc) is 3.69. The number of esters is 2. The number of hydrogen-bond donors (Lipinski definition) is 2. The zero-order chi connectivity index (χ0) is 32.4. The van der Waals surface area contributed by atoms with E-state index in [2.05, 4.69) is 4.98 Å². The van der Waals surface area contributed by atoms with Gasteiger partial charge in [-0.05, 0) is 110 Å². The number of nitrogens with one attached hydrogen (secondary N) is 1. The normalized spacial score (nSPS) is 18.8. The molecule has 0 saturated carbocycles. The van der Waals surface area contributed by atoms with Crippen LogP contribution in [0, 0.1) is 6.92 Å². The molecule has 9 nitrogen and oxygen atoms in total. The highest BCUT2D eigenvalue weighted by Crippen LogP contribution is 2.37. The van der Waals surface area contributed by atoms with E-state index < -0.39 is 0 Å². The van der Waals surface area contributed by atoms with Gasteiger partial charge in [0.25, 0.3) is 0 Å². The van der Waals surface area contributed by atoms with Gasteiger partial charge in [-0.1, -0.05) is 11.6 Å². The lowest BCUT2D eigenvalue weighted by Gasteiger charge is -2.08. The maximum Gasteiger partial charge on any atom is 0.305 e. The van der Waals surface area contributed by atoms with Crippen molar-refractivity contribution < 1.29 is 24.2 Å². The summed E-state index contributed by atoms with van der Waals surface area (Å²) >= 11 is 6.67. The van der Waals surface area contributed by atoms with Gasteiger partial charge in [-0.25, -0.2) is 15.0 Å². The highest BCUT2D eigenvalue weighted by molar-refractivity contribution is 6.36. The molecule has 8 bridgehead atoms. The first kappa shape index (κ1) is 31.7. The highest BCUT2D eigenvalue weighted by Gasteiger charge is 2.27. The number of nitrogens with zero attached hydrogens (tertiary/aromatic N) is 3. The lowest BCUT2D eigenvalue weighted by molar-refractivity contribution is -0.141. The van der Waals surface area contributed by atoms with Crippen molar-refractivity contribution >= 4 is 52.8 Å². The van der Waals surface area contributed by atoms with Crippen LogP contribution in [0.25, 0.3) is 12.2 Å². The number of halogens is 1. The first-order valence-corrected chi connectivity index (χ1v) is 15.0. The molecule has 4 aliphatic heterocycles. The van der Waals surface area contributed by atoms with Gasteiger partial charge in [0.05, 0.1) is 59.7 Å². The third-order valence-electron chi connectivity index (χ3n) is 8.30. The van der Waals surface area contributed by atoms with Crippen LogP contribution >= 0.6 is 11.6 Å². The molecule has 2 N–H and O–H groups in total. The number of carbonyl (C=O) groups is 2. The van der Waals surface area contributed by atoms with Gasteiger partial charge in [-0.2, -0.15) is 0 Å². The number of fused-ring (bicyclic) bond motifs is 5. The van der Waals surface area contributed by atoms with Crippen molar-refractivity contribution in [2.24, 2.45) is 15.0 Å². The first-order valence-electron chi connectivity index (χ1n) is 14.6. The summed E-state index contributed by atoms with van der Waals surface area (Å²) in [6, 6.07) is 2.05. The zero-order valence-electron chi connectivity index (χ0n) is 26.2. The summed E-state index contributed by atoms with van der Waals surface area (Å²) in [5, 5.41) is 11.6. The summed E-state index contributed by atoms with van der Waals surface area (Å²) < 4.78 is 9.84. The fourth-order valence-corrected chi connectivity index (χ4v) is 6.02. The summed E-state index contributed by atoms with van der Waals surface area (Å²) in [7, 11) is 2.75. The molecule has 0 atom stereocenters. The molecule has 232 valence electrons. The van der Waals surface area contributed by atoms with Crippen LogP contribution < -0.4 is 10.7 Å². The number of aryl methyl sites for hydroxylation is 1. The second-order valence-corrected chi connectivity index (χ2v) is 11.5. The summed E-state index contributed by atoms with van der Waals surface area (Å²) in [5.74, 6) is -0.625. The molecule has 4 aliphatic rings. The van der Waals surface area contributed by atoms with Crippen LogP contribution in [0.3, 0.4) is 0 Å². The standard InChI is InChI=1S/C35H35ClN4O5/c1-18-13-22-14-27-21(4)35(25(36)11-12-41)32(40-27)16-29-20(3)24(8-10-34(43)45-6)31(39-29)17-30-23(7-9-33(42)44-5)19(2)28(38-30)15-26(18)37-22/h11-17,37,41H,7-10H2,1-6H3. The van der Waals surface area contributed by atoms with E-state index in [0.717, 1.165) is 61.8 Å². The topological polar surface area (TPSA) is 126 Å². The van der Waals surface area contributed by atoms with E-state index in [9.17, 15) is 14.7 Å². The van der Waals surface area contributed by atoms with Gasteiger partial charge in [-0.3, -0.25) is 9.59 Å². The van der Waals surface area contributed by atoms with Crippen LogP contribution in [0.15, 0.2) is 101 Å². The Morgan fingerprint density at radius 2 is 1.47 bits per heavy atom. The van der Waals surface area contributed by atoms with Crippen LogP contribution in [-0.4, -0.2) is 53.4 Å². The molecule has 0 amide bonds. The van der Waals surface area contributed by atoms with E-state index >= 15 is 0 Å². The van der Waals surface area contributed by atoms with Crippen molar-refractivity contribution in [3.63, 3.8) is 0 Å². The Kier molecular flexibility index (Phi) is 9.20. The van der Waals surface area contributed by atoms with Crippen molar-refractivity contribution in [2.75, 3.05) is 14.2 Å². The third kappa shape index (κ3) is 6.40. The highest BCUT2D eigenvalue weighted by atomic mass is 35.5. The lowest BCUT2D eigenvalue weighted by atomic mass is 9.96. The minimum atomic E-state index is -0.322. The molecule has 0 unspecified atom stereocenters. The van der Waals surface area contributed by atoms with E-state index in [-0.39, 0.29) is 24.8 Å². The zero-order valence-corrected chi connectivity index (χ0v) is 26.9. The summed E-state index contributed by atoms with van der Waals surface area (Å²) in [5.41, 5.74) is 10.3. The number of carbonyl (C=O) groups excluding carboxylic acids is 2. The summed E-state index contributed by atoms with van der Waals surface area (Å²) in [4.78, 5) is 42.8. The van der Waals surface area contributed by atoms with Gasteiger partial charge < -0.3 is 19.6 Å². The predicted octanol–water partition coefficient (Wildman–Crippen LogP) is 5.41. The van der Waals surface area contributed by atoms with Gasteiger partial charge in [0.2, 0.25) is 0 Å². The Bertz CT molecular complexity index is 1950. The first-order chi connectivity index (χ1) is 21.5. The van der Waals surface area contributed by atoms with Crippen molar-refractivity contribution in [3.05, 3.63) is 102 Å². The number of ether oxygens (including phenoxy) is 2. The molecular weight excluding hydrogens is 592 g/mol. The Hall–Kier alpha value is -4.76. The van der Waals surface area contributed by atoms with Crippen molar-refractivity contribution in [1.82, 2.24) is 4.98 Å². The molecule has 0 radical (unpaired) electrons. The number of hydrogen-bond acceptors (Lipinski definition) is 8. The summed E-state index contributed by atoms with van der Waals surface area (Å²) in [6.07, 6.45) is 11.3. The molecule has 1 aromatic rings. The molecular formula is C35H35ClN4O5. The Morgan fingerprint density at radius 1 is 0.822 bits per heavy atom. The van der Waals surface area contributed by atoms with E-state index in [0.29, 0.717) is 46.3 Å². The number of methoxy groups -OCH3 is 2. The van der Waals surface area contributed by atoms with Crippen LogP contribution in [0.5, 0.6) is 0 Å². The molecule has 0 fully saturated rings. The monoisotopic (exact) mass is 626 g/mol. The van der Waals surface area contributed by atoms with E-state index in [1.807, 2.05) is 58.1 Å². The summed E-state index contributed by atoms with van der Waals surface area (Å²) in [6.45, 7) is 7.93. The van der Waals surface area contributed by atoms with Crippen LogP contribution in [0.1, 0.15) is 52.0 Å². The largest absolute Gasteiger partial charge is 0.516 e. The minimum Gasteiger partial charge on any atom is -0.516 e. The average molecular weight is 627 g/mol. The Morgan fingerprint density at radius 3 is 2.13 bits per heavy atom. The van der Waals surface area contributed by atoms with E-state index in [1.54, 1.807) is 0 Å². The molecule has 45 heavy (non-hydrogen) atoms. The maximum absolute atomic E-state index is 12.2. The number of H-pyrrole nitrogens is 1. The van der Waals surface area contributed by atoms with Gasteiger partial charge in [0, 0.05) is 29.1 Å². The number of aromatic nitrogens is 1. The SMILES string of the molecule is COC(=O)CCC1=C(C)C2=NC1=CC1=NC(=CC3=NC(=C(C)C3=C(Cl)C=CO)C=c3cc(C)c([nH]3)=C2)C(C)=C1CCC(=O)OC. The lowest BCUT2D eigenvalue weighted by Crippen LogP contribution is -2.13. The number of rotatable bonds is 7.